The van der Waals surface area contributed by atoms with E-state index in [0.717, 1.165) is 0 Å². The van der Waals surface area contributed by atoms with E-state index < -0.39 is 18.9 Å². The molecule has 53 heavy (non-hydrogen) atoms. The van der Waals surface area contributed by atoms with Gasteiger partial charge in [-0.05, 0) is 88.2 Å². The summed E-state index contributed by atoms with van der Waals surface area (Å²) in [5, 5.41) is 16.4. The molecule has 0 amide bonds. The zero-order valence-corrected chi connectivity index (χ0v) is 31.1. The van der Waals surface area contributed by atoms with Crippen molar-refractivity contribution in [1.82, 2.24) is 0 Å². The summed E-state index contributed by atoms with van der Waals surface area (Å²) >= 11 is 0. The van der Waals surface area contributed by atoms with Crippen LogP contribution in [-0.2, 0) is 10.8 Å². The average Bonchev–Trinajstić information content (AvgIpc) is 3.70. The molecule has 0 saturated carbocycles. The topological polar surface area (TPSA) is 0 Å². The smallest absolute Gasteiger partial charge is 0.0626 e. The van der Waals surface area contributed by atoms with Crippen molar-refractivity contribution in [3.8, 4) is 0 Å². The van der Waals surface area contributed by atoms with Crippen LogP contribution >= 0.6 is 0 Å². The van der Waals surface area contributed by atoms with E-state index in [1.54, 1.807) is 0 Å². The molecule has 1 heteroatoms. The highest BCUT2D eigenvalue weighted by atomic mass is 28.3. The quantitative estimate of drug-likeness (QED) is 0.156. The van der Waals surface area contributed by atoms with Crippen molar-refractivity contribution in [2.24, 2.45) is 0 Å². The largest absolute Gasteiger partial charge is 0.175 e. The summed E-state index contributed by atoms with van der Waals surface area (Å²) in [6, 6.07) is 73.3. The number of rotatable bonds is 6. The second kappa shape index (κ2) is 12.0. The van der Waals surface area contributed by atoms with E-state index in [-0.39, 0.29) is 0 Å². The van der Waals surface area contributed by atoms with E-state index in [9.17, 15) is 0 Å². The monoisotopic (exact) mass is 692 g/mol. The molecule has 0 saturated heterocycles. The van der Waals surface area contributed by atoms with Gasteiger partial charge >= 0.3 is 0 Å². The molecule has 2 aliphatic rings. The zero-order valence-electron chi connectivity index (χ0n) is 30.1. The molecule has 0 aromatic heterocycles. The van der Waals surface area contributed by atoms with Crippen LogP contribution in [0.5, 0.6) is 0 Å². The summed E-state index contributed by atoms with van der Waals surface area (Å²) in [7, 11) is -3.22. The molecule has 2 aliphatic carbocycles. The molecule has 252 valence electrons. The summed E-state index contributed by atoms with van der Waals surface area (Å²) in [5.41, 5.74) is 1.86. The van der Waals surface area contributed by atoms with Crippen LogP contribution in [0.3, 0.4) is 0 Å². The van der Waals surface area contributed by atoms with Gasteiger partial charge in [-0.15, -0.1) is 0 Å². The van der Waals surface area contributed by atoms with Gasteiger partial charge in [-0.1, -0.05) is 206 Å². The summed E-state index contributed by atoms with van der Waals surface area (Å²) in [5.74, 6) is 0. The molecule has 0 radical (unpaired) electrons. The van der Waals surface area contributed by atoms with Crippen molar-refractivity contribution < 1.29 is 0 Å². The Labute approximate surface area is 312 Å². The van der Waals surface area contributed by atoms with Crippen molar-refractivity contribution in [3.63, 3.8) is 0 Å². The molecular weight excluding hydrogens is 653 g/mol. The van der Waals surface area contributed by atoms with Gasteiger partial charge in [0.1, 0.15) is 0 Å². The van der Waals surface area contributed by atoms with Crippen LogP contribution in [0.25, 0.3) is 44.1 Å². The van der Waals surface area contributed by atoms with Crippen molar-refractivity contribution >= 4 is 62.5 Å². The molecule has 0 bridgehead atoms. The minimum atomic E-state index is -3.22. The first kappa shape index (κ1) is 31.7. The predicted octanol–water partition coefficient (Wildman–Crippen LogP) is 7.84. The van der Waals surface area contributed by atoms with Gasteiger partial charge in [-0.3, -0.25) is 0 Å². The molecule has 0 fully saturated rings. The van der Waals surface area contributed by atoms with E-state index >= 15 is 0 Å². The van der Waals surface area contributed by atoms with Gasteiger partial charge in [-0.25, -0.2) is 0 Å². The lowest BCUT2D eigenvalue weighted by molar-refractivity contribution is 0.844. The highest BCUT2D eigenvalue weighted by molar-refractivity contribution is 7.25. The van der Waals surface area contributed by atoms with Crippen LogP contribution < -0.4 is 31.2 Å². The van der Waals surface area contributed by atoms with E-state index in [0.29, 0.717) is 0 Å². The Kier molecular flexibility index (Phi) is 7.19. The van der Waals surface area contributed by atoms with Gasteiger partial charge in [-0.2, -0.15) is 0 Å². The molecule has 2 unspecified atom stereocenters. The minimum absolute atomic E-state index is 0.424. The number of hydrogen-bond donors (Lipinski definition) is 0. The van der Waals surface area contributed by atoms with Crippen LogP contribution in [0.1, 0.15) is 25.0 Å². The Morgan fingerprint density at radius 2 is 0.698 bits per heavy atom. The number of hydrogen-bond acceptors (Lipinski definition) is 0. The van der Waals surface area contributed by atoms with Crippen LogP contribution in [0, 0.1) is 0 Å². The third kappa shape index (κ3) is 4.54. The second-order valence-electron chi connectivity index (χ2n) is 15.2. The lowest BCUT2D eigenvalue weighted by Crippen LogP contribution is -2.68. The molecular formula is C52H40Si. The Morgan fingerprint density at radius 1 is 0.340 bits per heavy atom. The lowest BCUT2D eigenvalue weighted by atomic mass is 9.80. The van der Waals surface area contributed by atoms with Crippen LogP contribution in [0.2, 0.25) is 0 Å². The number of fused-ring (bicyclic) bond motifs is 4. The molecule has 10 rings (SSSR count). The Morgan fingerprint density at radius 3 is 1.15 bits per heavy atom. The third-order valence-electron chi connectivity index (χ3n) is 12.2. The minimum Gasteiger partial charge on any atom is -0.0626 e. The van der Waals surface area contributed by atoms with E-state index in [4.69, 9.17) is 0 Å². The first-order valence-corrected chi connectivity index (χ1v) is 20.8. The molecule has 2 atom stereocenters. The predicted molar refractivity (Wildman–Crippen MR) is 228 cm³/mol. The maximum absolute atomic E-state index is 3.22. The number of benzene rings is 8. The van der Waals surface area contributed by atoms with E-state index in [1.165, 1.54) is 74.3 Å². The summed E-state index contributed by atoms with van der Waals surface area (Å²) in [6.07, 6.45) is 5.18. The van der Waals surface area contributed by atoms with Gasteiger partial charge < -0.3 is 0 Å². The summed E-state index contributed by atoms with van der Waals surface area (Å²) in [6.45, 7) is 5.02. The average molecular weight is 693 g/mol. The normalized spacial score (nSPS) is 19.1. The van der Waals surface area contributed by atoms with Crippen LogP contribution in [0.15, 0.2) is 194 Å². The lowest BCUT2D eigenvalue weighted by Gasteiger charge is -2.48. The summed E-state index contributed by atoms with van der Waals surface area (Å²) < 4.78 is 0. The highest BCUT2D eigenvalue weighted by Gasteiger charge is 2.57. The van der Waals surface area contributed by atoms with Crippen molar-refractivity contribution in [2.45, 2.75) is 24.7 Å². The van der Waals surface area contributed by atoms with Gasteiger partial charge in [0.2, 0.25) is 0 Å². The molecule has 0 nitrogen and oxygen atoms in total. The van der Waals surface area contributed by atoms with Gasteiger partial charge in [0, 0.05) is 10.8 Å². The standard InChI is InChI=1S/C52H40Si/c1-51(47-33-17-23-37-19-9-13-29-43(37)47)35-39-21-11-15-31-45(39)49(51)53(41-25-5-3-6-26-41,42-27-7-4-8-28-42)50-46-32-16-12-22-40(46)36-52(50,2)48-34-18-24-38-20-10-14-30-44(38)48/h3-36H,1-2H3. The van der Waals surface area contributed by atoms with Gasteiger partial charge in [0.15, 0.2) is 8.07 Å². The molecule has 0 aliphatic heterocycles. The Hall–Kier alpha value is -6.02. The maximum Gasteiger partial charge on any atom is 0.175 e. The van der Waals surface area contributed by atoms with E-state index in [1.807, 2.05) is 0 Å². The first-order valence-electron chi connectivity index (χ1n) is 18.8. The van der Waals surface area contributed by atoms with Gasteiger partial charge in [0.25, 0.3) is 0 Å². The second-order valence-corrected chi connectivity index (χ2v) is 18.8. The Balaban J connectivity index is 1.46. The van der Waals surface area contributed by atoms with E-state index in [2.05, 4.69) is 220 Å². The molecule has 8 aromatic rings. The first-order chi connectivity index (χ1) is 26.0. The molecule has 8 aromatic carbocycles. The fourth-order valence-electron chi connectivity index (χ4n) is 10.2. The molecule has 0 spiro atoms. The highest BCUT2D eigenvalue weighted by Crippen LogP contribution is 2.51. The molecule has 0 N–H and O–H groups in total. The van der Waals surface area contributed by atoms with Crippen molar-refractivity contribution in [3.05, 3.63) is 226 Å². The SMILES string of the molecule is CC1(c2cccc3ccccc23)C=c2ccccc2=C1[Si](C1=c2ccccc2=CC1(C)c1cccc2ccccc12)(c1ccccc1)c1ccccc1. The van der Waals surface area contributed by atoms with Crippen molar-refractivity contribution in [2.75, 3.05) is 0 Å². The maximum atomic E-state index is 2.59. The third-order valence-corrected chi connectivity index (χ3v) is 17.7. The zero-order chi connectivity index (χ0) is 35.6. The molecule has 0 heterocycles. The Bertz CT molecular complexity index is 2760. The fourth-order valence-corrected chi connectivity index (χ4v) is 16.6. The van der Waals surface area contributed by atoms with Gasteiger partial charge in [0.05, 0.1) is 0 Å². The summed E-state index contributed by atoms with van der Waals surface area (Å²) in [4.78, 5) is 0. The van der Waals surface area contributed by atoms with Crippen LogP contribution in [-0.4, -0.2) is 8.07 Å². The van der Waals surface area contributed by atoms with Crippen LogP contribution in [0.4, 0.5) is 0 Å². The van der Waals surface area contributed by atoms with Crippen molar-refractivity contribution in [1.29, 1.82) is 0 Å². The fraction of sp³-hybridized carbons (Fsp3) is 0.0769.